The highest BCUT2D eigenvalue weighted by atomic mass is 16.1. The lowest BCUT2D eigenvalue weighted by molar-refractivity contribution is 0.102. The van der Waals surface area contributed by atoms with E-state index in [0.717, 1.165) is 29.7 Å². The smallest absolute Gasteiger partial charge is 0.255 e. The van der Waals surface area contributed by atoms with E-state index in [4.69, 9.17) is 0 Å². The fourth-order valence-corrected chi connectivity index (χ4v) is 2.90. The van der Waals surface area contributed by atoms with Crippen LogP contribution in [-0.4, -0.2) is 5.91 Å². The van der Waals surface area contributed by atoms with Crippen LogP contribution in [0, 0.1) is 6.92 Å². The summed E-state index contributed by atoms with van der Waals surface area (Å²) < 4.78 is 0. The zero-order chi connectivity index (χ0) is 13.9. The van der Waals surface area contributed by atoms with Gasteiger partial charge >= 0.3 is 0 Å². The van der Waals surface area contributed by atoms with Crippen molar-refractivity contribution >= 4 is 11.6 Å². The molecule has 20 heavy (non-hydrogen) atoms. The molecule has 1 N–H and O–H groups in total. The maximum absolute atomic E-state index is 12.5. The van der Waals surface area contributed by atoms with Gasteiger partial charge in [-0.1, -0.05) is 30.3 Å². The van der Waals surface area contributed by atoms with Crippen molar-refractivity contribution in [2.45, 2.75) is 32.6 Å². The summed E-state index contributed by atoms with van der Waals surface area (Å²) in [5, 5.41) is 3.04. The van der Waals surface area contributed by atoms with Gasteiger partial charge in [0.25, 0.3) is 5.91 Å². The highest BCUT2D eigenvalue weighted by molar-refractivity contribution is 6.05. The highest BCUT2D eigenvalue weighted by Crippen LogP contribution is 2.25. The number of fused-ring (bicyclic) bond motifs is 1. The van der Waals surface area contributed by atoms with Crippen molar-refractivity contribution in [3.8, 4) is 0 Å². The number of aryl methyl sites for hydroxylation is 2. The Morgan fingerprint density at radius 1 is 1.00 bits per heavy atom. The molecule has 1 amide bonds. The first-order valence-electron chi connectivity index (χ1n) is 7.23. The van der Waals surface area contributed by atoms with Crippen LogP contribution in [0.1, 0.15) is 39.9 Å². The summed E-state index contributed by atoms with van der Waals surface area (Å²) in [6.45, 7) is 2.01. The summed E-state index contributed by atoms with van der Waals surface area (Å²) in [5.74, 6) is 0.0121. The Balaban J connectivity index is 1.90. The molecule has 0 bridgehead atoms. The molecular formula is C18H19NO. The van der Waals surface area contributed by atoms with E-state index >= 15 is 0 Å². The molecule has 0 radical (unpaired) electrons. The molecule has 0 spiro atoms. The van der Waals surface area contributed by atoms with Gasteiger partial charge in [0.15, 0.2) is 0 Å². The third-order valence-electron chi connectivity index (χ3n) is 4.03. The summed E-state index contributed by atoms with van der Waals surface area (Å²) in [6.07, 6.45) is 4.53. The van der Waals surface area contributed by atoms with Crippen LogP contribution >= 0.6 is 0 Å². The lowest BCUT2D eigenvalue weighted by Gasteiger charge is -2.19. The number of para-hydroxylation sites is 1. The summed E-state index contributed by atoms with van der Waals surface area (Å²) in [7, 11) is 0. The molecule has 0 atom stereocenters. The van der Waals surface area contributed by atoms with Crippen LogP contribution in [0.4, 0.5) is 5.69 Å². The molecule has 0 fully saturated rings. The van der Waals surface area contributed by atoms with E-state index in [9.17, 15) is 4.79 Å². The van der Waals surface area contributed by atoms with Crippen molar-refractivity contribution in [1.29, 1.82) is 0 Å². The van der Waals surface area contributed by atoms with Crippen LogP contribution in [0.3, 0.4) is 0 Å². The average molecular weight is 265 g/mol. The molecule has 2 aromatic rings. The zero-order valence-corrected chi connectivity index (χ0v) is 11.8. The number of nitrogens with one attached hydrogen (secondary N) is 1. The molecule has 0 saturated heterocycles. The minimum absolute atomic E-state index is 0.0121. The van der Waals surface area contributed by atoms with Crippen molar-refractivity contribution in [3.05, 3.63) is 64.7 Å². The van der Waals surface area contributed by atoms with Crippen molar-refractivity contribution in [2.75, 3.05) is 5.32 Å². The topological polar surface area (TPSA) is 29.1 Å². The zero-order valence-electron chi connectivity index (χ0n) is 11.8. The van der Waals surface area contributed by atoms with Gasteiger partial charge < -0.3 is 5.32 Å². The van der Waals surface area contributed by atoms with Crippen LogP contribution in [0.2, 0.25) is 0 Å². The molecule has 0 aliphatic heterocycles. The fourth-order valence-electron chi connectivity index (χ4n) is 2.90. The van der Waals surface area contributed by atoms with E-state index in [-0.39, 0.29) is 5.91 Å². The summed E-state index contributed by atoms with van der Waals surface area (Å²) in [4.78, 5) is 12.5. The summed E-state index contributed by atoms with van der Waals surface area (Å²) in [5.41, 5.74) is 5.40. The molecule has 3 rings (SSSR count). The normalized spacial score (nSPS) is 13.7. The lowest BCUT2D eigenvalue weighted by atomic mass is 9.88. The lowest BCUT2D eigenvalue weighted by Crippen LogP contribution is -2.17. The molecule has 0 unspecified atom stereocenters. The van der Waals surface area contributed by atoms with Crippen LogP contribution in [-0.2, 0) is 12.8 Å². The Bertz CT molecular complexity index is 646. The summed E-state index contributed by atoms with van der Waals surface area (Å²) in [6, 6.07) is 14.0. The molecule has 1 aliphatic carbocycles. The summed E-state index contributed by atoms with van der Waals surface area (Å²) >= 11 is 0. The van der Waals surface area contributed by atoms with E-state index in [1.54, 1.807) is 0 Å². The minimum Gasteiger partial charge on any atom is -0.322 e. The number of amides is 1. The van der Waals surface area contributed by atoms with Crippen LogP contribution in [0.5, 0.6) is 0 Å². The first-order valence-corrected chi connectivity index (χ1v) is 7.23. The second-order valence-corrected chi connectivity index (χ2v) is 5.42. The SMILES string of the molecule is Cc1ccccc1NC(=O)c1cccc2c1CCCC2. The standard InChI is InChI=1S/C18H19NO/c1-13-7-2-5-12-17(13)19-18(20)16-11-6-9-14-8-3-4-10-15(14)16/h2,5-7,9,11-12H,3-4,8,10H2,1H3,(H,19,20). The fraction of sp³-hybridized carbons (Fsp3) is 0.278. The maximum atomic E-state index is 12.5. The number of carbonyl (C=O) groups excluding carboxylic acids is 1. The van der Waals surface area contributed by atoms with Gasteiger partial charge in [-0.3, -0.25) is 4.79 Å². The molecular weight excluding hydrogens is 246 g/mol. The Morgan fingerprint density at radius 3 is 2.65 bits per heavy atom. The molecule has 102 valence electrons. The number of rotatable bonds is 2. The molecule has 2 nitrogen and oxygen atoms in total. The van der Waals surface area contributed by atoms with Crippen molar-refractivity contribution in [2.24, 2.45) is 0 Å². The van der Waals surface area contributed by atoms with Crippen molar-refractivity contribution in [1.82, 2.24) is 0 Å². The Morgan fingerprint density at radius 2 is 1.80 bits per heavy atom. The van der Waals surface area contributed by atoms with Gasteiger partial charge in [0, 0.05) is 11.3 Å². The van der Waals surface area contributed by atoms with E-state index in [1.807, 2.05) is 43.3 Å². The molecule has 0 aromatic heterocycles. The predicted octanol–water partition coefficient (Wildman–Crippen LogP) is 4.13. The number of benzene rings is 2. The predicted molar refractivity (Wildman–Crippen MR) is 82.2 cm³/mol. The second-order valence-electron chi connectivity index (χ2n) is 5.42. The number of anilines is 1. The monoisotopic (exact) mass is 265 g/mol. The molecule has 0 heterocycles. The Kier molecular flexibility index (Phi) is 3.55. The molecule has 1 aliphatic rings. The van der Waals surface area contributed by atoms with E-state index in [2.05, 4.69) is 11.4 Å². The van der Waals surface area contributed by atoms with E-state index in [1.165, 1.54) is 24.0 Å². The largest absolute Gasteiger partial charge is 0.322 e. The molecule has 0 saturated carbocycles. The number of carbonyl (C=O) groups is 1. The van der Waals surface area contributed by atoms with Crippen LogP contribution in [0.25, 0.3) is 0 Å². The maximum Gasteiger partial charge on any atom is 0.255 e. The van der Waals surface area contributed by atoms with Gasteiger partial charge in [-0.15, -0.1) is 0 Å². The van der Waals surface area contributed by atoms with Gasteiger partial charge in [-0.25, -0.2) is 0 Å². The third kappa shape index (κ3) is 2.46. The Labute approximate surface area is 119 Å². The van der Waals surface area contributed by atoms with Crippen LogP contribution in [0.15, 0.2) is 42.5 Å². The van der Waals surface area contributed by atoms with Gasteiger partial charge in [0.2, 0.25) is 0 Å². The van der Waals surface area contributed by atoms with Gasteiger partial charge in [-0.2, -0.15) is 0 Å². The van der Waals surface area contributed by atoms with E-state index < -0.39 is 0 Å². The van der Waals surface area contributed by atoms with Gasteiger partial charge in [0.05, 0.1) is 0 Å². The number of hydrogen-bond donors (Lipinski definition) is 1. The molecule has 2 aromatic carbocycles. The second kappa shape index (κ2) is 5.49. The van der Waals surface area contributed by atoms with Gasteiger partial charge in [-0.05, 0) is 61.4 Å². The number of hydrogen-bond acceptors (Lipinski definition) is 1. The minimum atomic E-state index is 0.0121. The quantitative estimate of drug-likeness (QED) is 0.869. The highest BCUT2D eigenvalue weighted by Gasteiger charge is 2.17. The van der Waals surface area contributed by atoms with Crippen molar-refractivity contribution in [3.63, 3.8) is 0 Å². The van der Waals surface area contributed by atoms with E-state index in [0.29, 0.717) is 0 Å². The average Bonchev–Trinajstić information content (AvgIpc) is 2.49. The van der Waals surface area contributed by atoms with Crippen molar-refractivity contribution < 1.29 is 4.79 Å². The molecule has 2 heteroatoms. The van der Waals surface area contributed by atoms with Gasteiger partial charge in [0.1, 0.15) is 0 Å². The first-order chi connectivity index (χ1) is 9.75. The Hall–Kier alpha value is -2.09. The van der Waals surface area contributed by atoms with Crippen LogP contribution < -0.4 is 5.32 Å². The first kappa shape index (κ1) is 12.9. The third-order valence-corrected chi connectivity index (χ3v) is 4.03.